The highest BCUT2D eigenvalue weighted by Gasteiger charge is 2.44. The first kappa shape index (κ1) is 58.9. The van der Waals surface area contributed by atoms with E-state index in [9.17, 15) is 30.0 Å². The van der Waals surface area contributed by atoms with Gasteiger partial charge < -0.3 is 39.4 Å². The summed E-state index contributed by atoms with van der Waals surface area (Å²) < 4.78 is 22.2. The summed E-state index contributed by atoms with van der Waals surface area (Å²) in [7, 11) is 0. The second kappa shape index (κ2) is 43.8. The van der Waals surface area contributed by atoms with Crippen LogP contribution in [-0.2, 0) is 28.5 Å². The van der Waals surface area contributed by atoms with Gasteiger partial charge in [-0.15, -0.1) is 0 Å². The van der Waals surface area contributed by atoms with Gasteiger partial charge in [0, 0.05) is 12.8 Å². The molecule has 6 atom stereocenters. The summed E-state index contributed by atoms with van der Waals surface area (Å²) >= 11 is 0. The minimum atomic E-state index is -1.60. The van der Waals surface area contributed by atoms with E-state index >= 15 is 0 Å². The van der Waals surface area contributed by atoms with Crippen LogP contribution in [0.3, 0.4) is 0 Å². The SMILES string of the molecule is CCCCC/C=C\C/C=C\C/C=C\CCCCCCCCC(=O)OC(COC(=O)CCCCCCCCCCCCCCCCCCCCC)COC1OC(CO)C(O)C(O)C1O. The Hall–Kier alpha value is -2.08. The zero-order chi connectivity index (χ0) is 45.9. The van der Waals surface area contributed by atoms with Gasteiger partial charge in [0.2, 0.25) is 0 Å². The monoisotopic (exact) mass is 893 g/mol. The first-order chi connectivity index (χ1) is 30.8. The van der Waals surface area contributed by atoms with E-state index in [0.29, 0.717) is 6.42 Å². The molecular formula is C53H96O10. The molecule has 10 nitrogen and oxygen atoms in total. The van der Waals surface area contributed by atoms with Crippen LogP contribution in [0.4, 0.5) is 0 Å². The van der Waals surface area contributed by atoms with Gasteiger partial charge in [-0.2, -0.15) is 0 Å². The quantitative estimate of drug-likeness (QED) is 0.0264. The van der Waals surface area contributed by atoms with Crippen LogP contribution < -0.4 is 0 Å². The summed E-state index contributed by atoms with van der Waals surface area (Å²) in [5, 5.41) is 40.2. The number of carbonyl (C=O) groups is 2. The Morgan fingerprint density at radius 2 is 0.889 bits per heavy atom. The number of hydrogen-bond donors (Lipinski definition) is 4. The molecule has 1 aliphatic heterocycles. The molecule has 1 rings (SSSR count). The van der Waals surface area contributed by atoms with Gasteiger partial charge in [-0.05, 0) is 51.4 Å². The minimum absolute atomic E-state index is 0.217. The number of aliphatic hydroxyl groups is 4. The maximum atomic E-state index is 12.8. The van der Waals surface area contributed by atoms with Gasteiger partial charge >= 0.3 is 11.9 Å². The van der Waals surface area contributed by atoms with Crippen molar-refractivity contribution < 1.29 is 49.0 Å². The lowest BCUT2D eigenvalue weighted by atomic mass is 9.99. The van der Waals surface area contributed by atoms with Crippen molar-refractivity contribution >= 4 is 11.9 Å². The Morgan fingerprint density at radius 3 is 1.37 bits per heavy atom. The van der Waals surface area contributed by atoms with Crippen molar-refractivity contribution in [2.24, 2.45) is 0 Å². The van der Waals surface area contributed by atoms with Crippen molar-refractivity contribution in [3.8, 4) is 0 Å². The molecule has 0 bridgehead atoms. The lowest BCUT2D eigenvalue weighted by Gasteiger charge is -2.39. The fourth-order valence-electron chi connectivity index (χ4n) is 7.90. The van der Waals surface area contributed by atoms with Crippen LogP contribution in [0.25, 0.3) is 0 Å². The van der Waals surface area contributed by atoms with E-state index in [1.54, 1.807) is 0 Å². The summed E-state index contributed by atoms with van der Waals surface area (Å²) in [5.74, 6) is -0.811. The molecule has 0 saturated carbocycles. The normalized spacial score (nSPS) is 19.7. The van der Waals surface area contributed by atoms with Gasteiger partial charge in [0.05, 0.1) is 13.2 Å². The fourth-order valence-corrected chi connectivity index (χ4v) is 7.90. The summed E-state index contributed by atoms with van der Waals surface area (Å²) in [5.41, 5.74) is 0. The minimum Gasteiger partial charge on any atom is -0.462 e. The third-order valence-electron chi connectivity index (χ3n) is 12.0. The maximum Gasteiger partial charge on any atom is 0.306 e. The zero-order valence-electron chi connectivity index (χ0n) is 40.3. The molecule has 0 amide bonds. The highest BCUT2D eigenvalue weighted by molar-refractivity contribution is 5.70. The molecule has 1 saturated heterocycles. The van der Waals surface area contributed by atoms with E-state index in [-0.39, 0.29) is 32.0 Å². The van der Waals surface area contributed by atoms with Crippen LogP contribution in [0, 0.1) is 0 Å². The predicted molar refractivity (Wildman–Crippen MR) is 256 cm³/mol. The van der Waals surface area contributed by atoms with E-state index in [2.05, 4.69) is 50.3 Å². The Bertz CT molecular complexity index is 1120. The number of unbranched alkanes of at least 4 members (excludes halogenated alkanes) is 27. The molecule has 368 valence electrons. The van der Waals surface area contributed by atoms with Crippen LogP contribution in [0.1, 0.15) is 232 Å². The zero-order valence-corrected chi connectivity index (χ0v) is 40.3. The fraction of sp³-hybridized carbons (Fsp3) is 0.849. The van der Waals surface area contributed by atoms with Gasteiger partial charge in [0.15, 0.2) is 12.4 Å². The molecule has 0 aromatic rings. The molecule has 4 N–H and O–H groups in total. The molecule has 0 aliphatic carbocycles. The van der Waals surface area contributed by atoms with Gasteiger partial charge in [-0.1, -0.05) is 204 Å². The van der Waals surface area contributed by atoms with Crippen LogP contribution in [0.5, 0.6) is 0 Å². The van der Waals surface area contributed by atoms with Gasteiger partial charge in [0.1, 0.15) is 31.0 Å². The van der Waals surface area contributed by atoms with Crippen LogP contribution >= 0.6 is 0 Å². The first-order valence-electron chi connectivity index (χ1n) is 26.1. The van der Waals surface area contributed by atoms with Gasteiger partial charge in [-0.25, -0.2) is 0 Å². The average Bonchev–Trinajstić information content (AvgIpc) is 3.28. The maximum absolute atomic E-state index is 12.8. The molecule has 1 fully saturated rings. The third-order valence-corrected chi connectivity index (χ3v) is 12.0. The molecule has 0 spiro atoms. The molecule has 10 heteroatoms. The number of esters is 2. The lowest BCUT2D eigenvalue weighted by Crippen LogP contribution is -2.59. The van der Waals surface area contributed by atoms with E-state index in [4.69, 9.17) is 18.9 Å². The third kappa shape index (κ3) is 34.9. The van der Waals surface area contributed by atoms with Gasteiger partial charge in [0.25, 0.3) is 0 Å². The van der Waals surface area contributed by atoms with Crippen molar-refractivity contribution in [2.45, 2.75) is 269 Å². The lowest BCUT2D eigenvalue weighted by molar-refractivity contribution is -0.305. The molecule has 6 unspecified atom stereocenters. The van der Waals surface area contributed by atoms with Crippen LogP contribution in [0.2, 0.25) is 0 Å². The van der Waals surface area contributed by atoms with Crippen LogP contribution in [0.15, 0.2) is 36.5 Å². The molecule has 0 aromatic heterocycles. The Labute approximate surface area is 385 Å². The van der Waals surface area contributed by atoms with Crippen molar-refractivity contribution in [1.29, 1.82) is 0 Å². The summed E-state index contributed by atoms with van der Waals surface area (Å²) in [6.45, 7) is 3.42. The second-order valence-corrected chi connectivity index (χ2v) is 18.0. The smallest absolute Gasteiger partial charge is 0.306 e. The summed E-state index contributed by atoms with van der Waals surface area (Å²) in [4.78, 5) is 25.5. The number of hydrogen-bond acceptors (Lipinski definition) is 10. The van der Waals surface area contributed by atoms with Crippen molar-refractivity contribution in [3.63, 3.8) is 0 Å². The number of aliphatic hydroxyl groups excluding tert-OH is 4. The second-order valence-electron chi connectivity index (χ2n) is 18.0. The predicted octanol–water partition coefficient (Wildman–Crippen LogP) is 12.2. The Morgan fingerprint density at radius 1 is 0.492 bits per heavy atom. The molecule has 0 radical (unpaired) electrons. The van der Waals surface area contributed by atoms with E-state index < -0.39 is 49.4 Å². The topological polar surface area (TPSA) is 152 Å². The summed E-state index contributed by atoms with van der Waals surface area (Å²) in [6.07, 6.45) is 44.3. The molecule has 63 heavy (non-hydrogen) atoms. The Kier molecular flexibility index (Phi) is 41.0. The number of ether oxygens (including phenoxy) is 4. The highest BCUT2D eigenvalue weighted by atomic mass is 16.7. The number of allylic oxidation sites excluding steroid dienone is 6. The first-order valence-corrected chi connectivity index (χ1v) is 26.1. The van der Waals surface area contributed by atoms with Gasteiger partial charge in [-0.3, -0.25) is 9.59 Å². The van der Waals surface area contributed by atoms with E-state index in [1.807, 2.05) is 0 Å². The van der Waals surface area contributed by atoms with Crippen molar-refractivity contribution in [3.05, 3.63) is 36.5 Å². The summed E-state index contributed by atoms with van der Waals surface area (Å²) in [6, 6.07) is 0. The molecule has 0 aromatic carbocycles. The standard InChI is InChI=1S/C53H96O10/c1-3-5-7-9-11-13-15-17-19-21-23-25-27-29-31-33-35-37-39-41-48(55)60-44-46(45-61-53-52(59)51(58)50(57)47(43-54)63-53)62-49(56)42-40-38-36-34-32-30-28-26-24-22-20-18-16-14-12-10-8-6-4-2/h12,14,18,20,24,26,46-47,50-54,57-59H,3-11,13,15-17,19,21-23,25,27-45H2,1-2H3/b14-12-,20-18-,26-24-. The van der Waals surface area contributed by atoms with Crippen molar-refractivity contribution in [2.75, 3.05) is 19.8 Å². The molecule has 1 heterocycles. The number of rotatable bonds is 44. The Balaban J connectivity index is 2.26. The number of carbonyl (C=O) groups excluding carboxylic acids is 2. The highest BCUT2D eigenvalue weighted by Crippen LogP contribution is 2.23. The average molecular weight is 893 g/mol. The van der Waals surface area contributed by atoms with Crippen LogP contribution in [-0.4, -0.2) is 89.0 Å². The molecular weight excluding hydrogens is 797 g/mol. The van der Waals surface area contributed by atoms with E-state index in [0.717, 1.165) is 70.6 Å². The molecule has 1 aliphatic rings. The van der Waals surface area contributed by atoms with Crippen molar-refractivity contribution in [1.82, 2.24) is 0 Å². The van der Waals surface area contributed by atoms with E-state index in [1.165, 1.54) is 128 Å². The largest absolute Gasteiger partial charge is 0.462 e.